The maximum atomic E-state index is 13.2. The van der Waals surface area contributed by atoms with Crippen LogP contribution in [0.2, 0.25) is 0 Å². The summed E-state index contributed by atoms with van der Waals surface area (Å²) >= 11 is 1.36. The van der Waals surface area contributed by atoms with Crippen LogP contribution in [0.25, 0.3) is 0 Å². The third-order valence-electron chi connectivity index (χ3n) is 5.23. The standard InChI is InChI=1S/C24H18N2O2S/c1-14-11-12-16-18(13-14)26-23(27)21(20(16)15-7-3-2-4-8-15)22-24(28)25-17-9-5-6-10-19(17)29-22/h2-13,20H,1H3,(H,25,28)(H,26,27)/b22-21+. The van der Waals surface area contributed by atoms with Crippen molar-refractivity contribution < 1.29 is 9.59 Å². The first-order chi connectivity index (χ1) is 14.1. The number of hydrogen-bond donors (Lipinski definition) is 2. The zero-order valence-corrected chi connectivity index (χ0v) is 16.5. The van der Waals surface area contributed by atoms with E-state index in [1.807, 2.05) is 79.7 Å². The first-order valence-corrected chi connectivity index (χ1v) is 10.2. The van der Waals surface area contributed by atoms with E-state index in [2.05, 4.69) is 10.6 Å². The van der Waals surface area contributed by atoms with Crippen molar-refractivity contribution in [3.05, 3.63) is 100.0 Å². The van der Waals surface area contributed by atoms with Crippen LogP contribution in [0, 0.1) is 6.92 Å². The van der Waals surface area contributed by atoms with E-state index in [4.69, 9.17) is 0 Å². The van der Waals surface area contributed by atoms with E-state index >= 15 is 0 Å². The van der Waals surface area contributed by atoms with Crippen LogP contribution < -0.4 is 10.6 Å². The van der Waals surface area contributed by atoms with Gasteiger partial charge in [-0.2, -0.15) is 0 Å². The Morgan fingerprint density at radius 2 is 1.52 bits per heavy atom. The highest BCUT2D eigenvalue weighted by atomic mass is 32.2. The summed E-state index contributed by atoms with van der Waals surface area (Å²) in [5.41, 5.74) is 5.12. The van der Waals surface area contributed by atoms with Crippen LogP contribution in [-0.4, -0.2) is 11.8 Å². The van der Waals surface area contributed by atoms with Gasteiger partial charge in [0.2, 0.25) is 0 Å². The molecule has 2 N–H and O–H groups in total. The van der Waals surface area contributed by atoms with E-state index in [1.165, 1.54) is 11.8 Å². The first-order valence-electron chi connectivity index (χ1n) is 9.41. The number of nitrogens with one attached hydrogen (secondary N) is 2. The number of anilines is 2. The minimum atomic E-state index is -0.306. The molecule has 3 aromatic rings. The number of thioether (sulfide) groups is 1. The monoisotopic (exact) mass is 398 g/mol. The van der Waals surface area contributed by atoms with Crippen molar-refractivity contribution in [3.8, 4) is 0 Å². The highest BCUT2D eigenvalue weighted by Crippen LogP contribution is 2.47. The number of carbonyl (C=O) groups is 2. The molecule has 2 heterocycles. The summed E-state index contributed by atoms with van der Waals surface area (Å²) in [5.74, 6) is -0.775. The molecular formula is C24H18N2O2S. The SMILES string of the molecule is Cc1ccc2c(c1)NC(=O)/C(=C1/Sc3ccccc3NC1=O)C2c1ccccc1. The zero-order valence-electron chi connectivity index (χ0n) is 15.7. The fourth-order valence-electron chi connectivity index (χ4n) is 3.90. The molecule has 4 nitrogen and oxygen atoms in total. The Bertz CT molecular complexity index is 1180. The Morgan fingerprint density at radius 1 is 0.793 bits per heavy atom. The highest BCUT2D eigenvalue weighted by molar-refractivity contribution is 8.04. The Kier molecular flexibility index (Phi) is 4.25. The van der Waals surface area contributed by atoms with Crippen molar-refractivity contribution in [2.24, 2.45) is 0 Å². The summed E-state index contributed by atoms with van der Waals surface area (Å²) in [6.45, 7) is 2.00. The molecule has 0 radical (unpaired) electrons. The summed E-state index contributed by atoms with van der Waals surface area (Å²) in [5, 5.41) is 5.94. The molecule has 0 bridgehead atoms. The Morgan fingerprint density at radius 3 is 2.34 bits per heavy atom. The fourth-order valence-corrected chi connectivity index (χ4v) is 4.96. The molecule has 5 heteroatoms. The molecule has 2 aliphatic heterocycles. The molecule has 142 valence electrons. The van der Waals surface area contributed by atoms with Gasteiger partial charge in [-0.25, -0.2) is 0 Å². The Labute approximate surface area is 173 Å². The van der Waals surface area contributed by atoms with Crippen molar-refractivity contribution >= 4 is 35.0 Å². The van der Waals surface area contributed by atoms with Crippen molar-refractivity contribution in [1.29, 1.82) is 0 Å². The van der Waals surface area contributed by atoms with Gasteiger partial charge in [0, 0.05) is 22.1 Å². The summed E-state index contributed by atoms with van der Waals surface area (Å²) in [7, 11) is 0. The lowest BCUT2D eigenvalue weighted by molar-refractivity contribution is -0.115. The minimum Gasteiger partial charge on any atom is -0.322 e. The quantitative estimate of drug-likeness (QED) is 0.562. The van der Waals surface area contributed by atoms with Gasteiger partial charge < -0.3 is 10.6 Å². The molecule has 0 spiro atoms. The van der Waals surface area contributed by atoms with E-state index in [1.54, 1.807) is 0 Å². The number of aryl methyl sites for hydroxylation is 1. The summed E-state index contributed by atoms with van der Waals surface area (Å²) in [6.07, 6.45) is 0. The molecule has 0 fully saturated rings. The molecule has 0 aliphatic carbocycles. The third-order valence-corrected chi connectivity index (χ3v) is 6.42. The average Bonchev–Trinajstić information content (AvgIpc) is 2.73. The molecule has 29 heavy (non-hydrogen) atoms. The predicted octanol–water partition coefficient (Wildman–Crippen LogP) is 5.08. The number of hydrogen-bond acceptors (Lipinski definition) is 3. The minimum absolute atomic E-state index is 0.228. The first kappa shape index (κ1) is 17.8. The lowest BCUT2D eigenvalue weighted by atomic mass is 9.80. The molecule has 0 aromatic heterocycles. The topological polar surface area (TPSA) is 58.2 Å². The van der Waals surface area contributed by atoms with Gasteiger partial charge in [-0.3, -0.25) is 9.59 Å². The normalized spacial score (nSPS) is 20.4. The number of benzene rings is 3. The van der Waals surface area contributed by atoms with Crippen molar-refractivity contribution in [3.63, 3.8) is 0 Å². The third kappa shape index (κ3) is 3.04. The second-order valence-corrected chi connectivity index (χ2v) is 8.24. The predicted molar refractivity (Wildman–Crippen MR) is 116 cm³/mol. The smallest absolute Gasteiger partial charge is 0.262 e. The van der Waals surface area contributed by atoms with E-state index in [9.17, 15) is 9.59 Å². The van der Waals surface area contributed by atoms with Crippen molar-refractivity contribution in [1.82, 2.24) is 0 Å². The van der Waals surface area contributed by atoms with Crippen molar-refractivity contribution in [2.45, 2.75) is 17.7 Å². The van der Waals surface area contributed by atoms with Gasteiger partial charge in [0.05, 0.1) is 10.6 Å². The van der Waals surface area contributed by atoms with Gasteiger partial charge in [0.25, 0.3) is 11.8 Å². The van der Waals surface area contributed by atoms with Crippen molar-refractivity contribution in [2.75, 3.05) is 10.6 Å². The molecule has 1 atom stereocenters. The molecule has 2 aliphatic rings. The lowest BCUT2D eigenvalue weighted by Crippen LogP contribution is -2.31. The van der Waals surface area contributed by atoms with Crippen LogP contribution in [0.4, 0.5) is 11.4 Å². The van der Waals surface area contributed by atoms with Crippen LogP contribution in [0.15, 0.2) is 88.2 Å². The number of fused-ring (bicyclic) bond motifs is 2. The average molecular weight is 398 g/mol. The van der Waals surface area contributed by atoms with Crippen LogP contribution in [0.5, 0.6) is 0 Å². The lowest BCUT2D eigenvalue weighted by Gasteiger charge is -2.31. The second kappa shape index (κ2) is 6.94. The van der Waals surface area contributed by atoms with Gasteiger partial charge >= 0.3 is 0 Å². The van der Waals surface area contributed by atoms with Crippen LogP contribution in [0.3, 0.4) is 0 Å². The molecule has 2 amide bonds. The Hall–Kier alpha value is -3.31. The fraction of sp³-hybridized carbons (Fsp3) is 0.0833. The molecular weight excluding hydrogens is 380 g/mol. The van der Waals surface area contributed by atoms with Crippen LogP contribution in [0.1, 0.15) is 22.6 Å². The number of para-hydroxylation sites is 1. The maximum Gasteiger partial charge on any atom is 0.262 e. The van der Waals surface area contributed by atoms with Gasteiger partial charge in [0.15, 0.2) is 0 Å². The number of carbonyl (C=O) groups excluding carboxylic acids is 2. The van der Waals surface area contributed by atoms with Gasteiger partial charge in [-0.1, -0.05) is 66.4 Å². The van der Waals surface area contributed by atoms with E-state index in [0.717, 1.165) is 33.0 Å². The van der Waals surface area contributed by atoms with Crippen LogP contribution in [-0.2, 0) is 9.59 Å². The summed E-state index contributed by atoms with van der Waals surface area (Å²) < 4.78 is 0. The molecule has 3 aromatic carbocycles. The molecule has 5 rings (SSSR count). The summed E-state index contributed by atoms with van der Waals surface area (Å²) in [4.78, 5) is 27.6. The largest absolute Gasteiger partial charge is 0.322 e. The van der Waals surface area contributed by atoms with Crippen LogP contribution >= 0.6 is 11.8 Å². The molecule has 0 saturated carbocycles. The zero-order chi connectivity index (χ0) is 20.0. The number of rotatable bonds is 1. The maximum absolute atomic E-state index is 13.2. The van der Waals surface area contributed by atoms with E-state index in [-0.39, 0.29) is 17.7 Å². The van der Waals surface area contributed by atoms with Gasteiger partial charge in [-0.15, -0.1) is 0 Å². The van der Waals surface area contributed by atoms with Gasteiger partial charge in [0.1, 0.15) is 0 Å². The Balaban J connectivity index is 1.74. The van der Waals surface area contributed by atoms with E-state index in [0.29, 0.717) is 10.5 Å². The highest BCUT2D eigenvalue weighted by Gasteiger charge is 2.37. The van der Waals surface area contributed by atoms with Gasteiger partial charge in [-0.05, 0) is 41.8 Å². The molecule has 0 saturated heterocycles. The van der Waals surface area contributed by atoms with E-state index < -0.39 is 0 Å². The number of amides is 2. The summed E-state index contributed by atoms with van der Waals surface area (Å²) in [6, 6.07) is 23.6. The second-order valence-electron chi connectivity index (χ2n) is 7.18. The molecule has 1 unspecified atom stereocenters.